The molecule has 0 radical (unpaired) electrons. The third-order valence-corrected chi connectivity index (χ3v) is 4.91. The highest BCUT2D eigenvalue weighted by atomic mass is 16.7. The van der Waals surface area contributed by atoms with Gasteiger partial charge in [-0.2, -0.15) is 0 Å². The van der Waals surface area contributed by atoms with E-state index in [0.29, 0.717) is 12.2 Å². The first-order valence-corrected chi connectivity index (χ1v) is 9.05. The van der Waals surface area contributed by atoms with Crippen molar-refractivity contribution >= 4 is 5.97 Å². The van der Waals surface area contributed by atoms with E-state index in [4.69, 9.17) is 18.9 Å². The van der Waals surface area contributed by atoms with Gasteiger partial charge in [0, 0.05) is 5.56 Å². The average molecular weight is 370 g/mol. The molecule has 0 bridgehead atoms. The van der Waals surface area contributed by atoms with Crippen LogP contribution in [0.1, 0.15) is 29.1 Å². The molecule has 0 aromatic heterocycles. The number of hydrogen-bond acceptors (Lipinski definition) is 6. The molecule has 2 fully saturated rings. The highest BCUT2D eigenvalue weighted by molar-refractivity contribution is 5.89. The van der Waals surface area contributed by atoms with Crippen molar-refractivity contribution < 1.29 is 28.8 Å². The van der Waals surface area contributed by atoms with Crippen LogP contribution in [0.2, 0.25) is 0 Å². The zero-order chi connectivity index (χ0) is 18.8. The van der Waals surface area contributed by atoms with Gasteiger partial charge in [-0.15, -0.1) is 0 Å². The summed E-state index contributed by atoms with van der Waals surface area (Å²) in [5.41, 5.74) is 1.29. The van der Waals surface area contributed by atoms with Crippen molar-refractivity contribution in [1.29, 1.82) is 0 Å². The maximum Gasteiger partial charge on any atom is 0.338 e. The number of aliphatic hydroxyl groups is 1. The molecule has 2 aliphatic heterocycles. The highest BCUT2D eigenvalue weighted by Crippen LogP contribution is 2.35. The van der Waals surface area contributed by atoms with Crippen LogP contribution in [-0.4, -0.2) is 48.2 Å². The van der Waals surface area contributed by atoms with Crippen molar-refractivity contribution in [3.8, 4) is 0 Å². The molecule has 142 valence electrons. The monoisotopic (exact) mass is 370 g/mol. The van der Waals surface area contributed by atoms with Gasteiger partial charge in [-0.25, -0.2) is 4.79 Å². The van der Waals surface area contributed by atoms with E-state index in [2.05, 4.69) is 0 Å². The first kappa shape index (κ1) is 18.1. The van der Waals surface area contributed by atoms with Crippen LogP contribution in [0.4, 0.5) is 0 Å². The van der Waals surface area contributed by atoms with Gasteiger partial charge < -0.3 is 24.1 Å². The largest absolute Gasteiger partial charge is 0.453 e. The van der Waals surface area contributed by atoms with Crippen LogP contribution in [-0.2, 0) is 18.9 Å². The molecule has 2 aliphatic rings. The van der Waals surface area contributed by atoms with Gasteiger partial charge in [-0.1, -0.05) is 48.5 Å². The molecule has 0 aliphatic carbocycles. The molecule has 0 amide bonds. The fourth-order valence-corrected chi connectivity index (χ4v) is 3.50. The number of carbonyl (C=O) groups excluding carboxylic acids is 1. The molecule has 27 heavy (non-hydrogen) atoms. The third kappa shape index (κ3) is 3.75. The van der Waals surface area contributed by atoms with Gasteiger partial charge in [0.25, 0.3) is 0 Å². The second kappa shape index (κ2) is 7.78. The highest BCUT2D eigenvalue weighted by Gasteiger charge is 2.49. The number of hydrogen-bond donors (Lipinski definition) is 1. The van der Waals surface area contributed by atoms with Gasteiger partial charge in [-0.3, -0.25) is 0 Å². The molecular weight excluding hydrogens is 348 g/mol. The van der Waals surface area contributed by atoms with Crippen molar-refractivity contribution in [2.45, 2.75) is 43.7 Å². The summed E-state index contributed by atoms with van der Waals surface area (Å²) in [6.07, 6.45) is -3.97. The van der Waals surface area contributed by atoms with Crippen LogP contribution in [0.5, 0.6) is 0 Å². The van der Waals surface area contributed by atoms with Crippen LogP contribution in [0.25, 0.3) is 0 Å². The summed E-state index contributed by atoms with van der Waals surface area (Å²) in [4.78, 5) is 12.4. The van der Waals surface area contributed by atoms with Crippen molar-refractivity contribution in [3.05, 3.63) is 71.8 Å². The lowest BCUT2D eigenvalue weighted by molar-refractivity contribution is -0.325. The Hall–Kier alpha value is -2.25. The van der Waals surface area contributed by atoms with E-state index in [1.807, 2.05) is 36.4 Å². The SMILES string of the molecule is C[C@@H]1OC2COC(c3ccccc3)O[C@@H]2[C@H](O)C1OC(=O)c1ccccc1. The predicted octanol–water partition coefficient (Wildman–Crippen LogP) is 2.47. The van der Waals surface area contributed by atoms with Crippen molar-refractivity contribution in [2.24, 2.45) is 0 Å². The van der Waals surface area contributed by atoms with Gasteiger partial charge in [0.2, 0.25) is 0 Å². The van der Waals surface area contributed by atoms with Crippen molar-refractivity contribution in [1.82, 2.24) is 0 Å². The topological polar surface area (TPSA) is 74.2 Å². The van der Waals surface area contributed by atoms with Crippen LogP contribution in [0.15, 0.2) is 60.7 Å². The van der Waals surface area contributed by atoms with Gasteiger partial charge in [0.1, 0.15) is 18.3 Å². The molecule has 4 rings (SSSR count). The Morgan fingerprint density at radius 2 is 1.70 bits per heavy atom. The smallest absolute Gasteiger partial charge is 0.338 e. The van der Waals surface area contributed by atoms with Crippen LogP contribution in [0, 0.1) is 0 Å². The molecule has 6 atom stereocenters. The van der Waals surface area contributed by atoms with E-state index >= 15 is 0 Å². The van der Waals surface area contributed by atoms with Crippen molar-refractivity contribution in [3.63, 3.8) is 0 Å². The number of aliphatic hydroxyl groups excluding tert-OH is 1. The van der Waals surface area contributed by atoms with Gasteiger partial charge in [0.15, 0.2) is 12.4 Å². The maximum absolute atomic E-state index is 12.4. The van der Waals surface area contributed by atoms with Crippen LogP contribution < -0.4 is 0 Å². The van der Waals surface area contributed by atoms with E-state index in [-0.39, 0.29) is 0 Å². The molecule has 2 aromatic carbocycles. The number of fused-ring (bicyclic) bond motifs is 1. The lowest BCUT2D eigenvalue weighted by Crippen LogP contribution is -2.62. The second-order valence-electron chi connectivity index (χ2n) is 6.78. The molecule has 0 saturated carbocycles. The average Bonchev–Trinajstić information content (AvgIpc) is 2.72. The second-order valence-corrected chi connectivity index (χ2v) is 6.78. The fraction of sp³-hybridized carbons (Fsp3) is 0.381. The quantitative estimate of drug-likeness (QED) is 0.837. The van der Waals surface area contributed by atoms with Crippen LogP contribution >= 0.6 is 0 Å². The van der Waals surface area contributed by atoms with Gasteiger partial charge in [-0.05, 0) is 19.1 Å². The molecule has 3 unspecified atom stereocenters. The predicted molar refractivity (Wildman–Crippen MR) is 96.0 cm³/mol. The summed E-state index contributed by atoms with van der Waals surface area (Å²) in [5, 5.41) is 10.9. The first-order valence-electron chi connectivity index (χ1n) is 9.05. The van der Waals surface area contributed by atoms with Gasteiger partial charge in [0.05, 0.1) is 18.3 Å². The molecule has 6 nitrogen and oxygen atoms in total. The van der Waals surface area contributed by atoms with E-state index in [9.17, 15) is 9.90 Å². The summed E-state index contributed by atoms with van der Waals surface area (Å²) < 4.78 is 23.2. The molecule has 2 saturated heterocycles. The Morgan fingerprint density at radius 3 is 2.41 bits per heavy atom. The van der Waals surface area contributed by atoms with E-state index in [0.717, 1.165) is 5.56 Å². The Morgan fingerprint density at radius 1 is 1.04 bits per heavy atom. The maximum atomic E-state index is 12.4. The number of benzene rings is 2. The molecular formula is C21H22O6. The Kier molecular flexibility index (Phi) is 5.22. The molecule has 2 aromatic rings. The van der Waals surface area contributed by atoms with Gasteiger partial charge >= 0.3 is 5.97 Å². The standard InChI is InChI=1S/C21H22O6/c1-13-18(26-20(23)14-8-4-2-5-9-14)17(22)19-16(25-13)12-24-21(27-19)15-10-6-3-7-11-15/h2-11,13,16-19,21-22H,12H2,1H3/t13-,16?,17+,18?,19-,21?/m0/s1. The fourth-order valence-electron chi connectivity index (χ4n) is 3.50. The first-order chi connectivity index (χ1) is 13.1. The van der Waals surface area contributed by atoms with Crippen LogP contribution in [0.3, 0.4) is 0 Å². The Bertz CT molecular complexity index is 765. The number of rotatable bonds is 3. The number of carbonyl (C=O) groups is 1. The van der Waals surface area contributed by atoms with E-state index < -0.39 is 42.8 Å². The lowest BCUT2D eigenvalue weighted by Gasteiger charge is -2.46. The van der Waals surface area contributed by atoms with E-state index in [1.165, 1.54) is 0 Å². The summed E-state index contributed by atoms with van der Waals surface area (Å²) >= 11 is 0. The number of ether oxygens (including phenoxy) is 4. The minimum atomic E-state index is -1.01. The summed E-state index contributed by atoms with van der Waals surface area (Å²) in [6.45, 7) is 2.07. The molecule has 6 heteroatoms. The Labute approximate surface area is 157 Å². The molecule has 1 N–H and O–H groups in total. The minimum absolute atomic E-state index is 0.297. The normalized spacial score (nSPS) is 33.1. The zero-order valence-electron chi connectivity index (χ0n) is 14.9. The summed E-state index contributed by atoms with van der Waals surface area (Å²) in [7, 11) is 0. The third-order valence-electron chi connectivity index (χ3n) is 4.91. The Balaban J connectivity index is 1.48. The summed E-state index contributed by atoms with van der Waals surface area (Å²) in [5.74, 6) is -0.500. The summed E-state index contributed by atoms with van der Waals surface area (Å²) in [6, 6.07) is 18.2. The van der Waals surface area contributed by atoms with E-state index in [1.54, 1.807) is 31.2 Å². The number of esters is 1. The zero-order valence-corrected chi connectivity index (χ0v) is 14.9. The molecule has 0 spiro atoms. The molecule has 2 heterocycles. The minimum Gasteiger partial charge on any atom is -0.453 e. The lowest BCUT2D eigenvalue weighted by atomic mass is 9.94. The van der Waals surface area contributed by atoms with Crippen molar-refractivity contribution in [2.75, 3.05) is 6.61 Å².